The van der Waals surface area contributed by atoms with Crippen molar-refractivity contribution in [2.24, 2.45) is 15.2 Å². The topological polar surface area (TPSA) is 72.9 Å². The fourth-order valence-corrected chi connectivity index (χ4v) is 2.15. The highest BCUT2D eigenvalue weighted by Gasteiger charge is 2.04. The van der Waals surface area contributed by atoms with Gasteiger partial charge in [-0.2, -0.15) is 10.4 Å². The number of rotatable bonds is 3. The Bertz CT molecular complexity index is 773. The second-order valence-corrected chi connectivity index (χ2v) is 5.68. The number of aryl methyl sites for hydroxylation is 2. The Kier molecular flexibility index (Phi) is 5.89. The Morgan fingerprint density at radius 3 is 2.35 bits per heavy atom. The molecular weight excluding hydrogens is 306 g/mol. The van der Waals surface area contributed by atoms with Crippen molar-refractivity contribution in [3.05, 3.63) is 53.6 Å². The van der Waals surface area contributed by atoms with Crippen molar-refractivity contribution in [2.45, 2.75) is 13.8 Å². The van der Waals surface area contributed by atoms with Gasteiger partial charge in [0.2, 0.25) is 0 Å². The van der Waals surface area contributed by atoms with Gasteiger partial charge >= 0.3 is 0 Å². The molecule has 0 heterocycles. The molecule has 0 spiro atoms. The number of nitrogens with one attached hydrogen (secondary N) is 1. The van der Waals surface area contributed by atoms with E-state index >= 15 is 0 Å². The maximum absolute atomic E-state index is 8.74. The molecule has 2 rings (SSSR count). The van der Waals surface area contributed by atoms with Gasteiger partial charge in [0.25, 0.3) is 0 Å². The molecule has 0 atom stereocenters. The van der Waals surface area contributed by atoms with Crippen LogP contribution >= 0.6 is 11.8 Å². The summed E-state index contributed by atoms with van der Waals surface area (Å²) < 4.78 is 0. The first-order valence-corrected chi connectivity index (χ1v) is 8.21. The highest BCUT2D eigenvalue weighted by Crippen LogP contribution is 2.31. The third kappa shape index (κ3) is 4.94. The molecule has 0 radical (unpaired) electrons. The summed E-state index contributed by atoms with van der Waals surface area (Å²) in [6.07, 6.45) is 3.73. The average molecular weight is 323 g/mol. The van der Waals surface area contributed by atoms with Crippen LogP contribution in [0.25, 0.3) is 0 Å². The number of aliphatic imine (C=N–C) groups is 1. The first-order valence-electron chi connectivity index (χ1n) is 6.99. The van der Waals surface area contributed by atoms with E-state index in [4.69, 9.17) is 5.26 Å². The van der Waals surface area contributed by atoms with E-state index in [0.29, 0.717) is 16.5 Å². The second kappa shape index (κ2) is 8.11. The standard InChI is InChI=1S/C17H17N5S/c1-12-4-7-14(8-5-12)21-22-16-10-13(2)6-9-15(16)20-17(23-3)19-11-18/h4-10H,1-3H3,(H,19,20). The Balaban J connectivity index is 2.35. The van der Waals surface area contributed by atoms with Crippen molar-refractivity contribution >= 4 is 34.0 Å². The van der Waals surface area contributed by atoms with Crippen LogP contribution in [0.15, 0.2) is 57.7 Å². The smallest absolute Gasteiger partial charge is 0.183 e. The predicted molar refractivity (Wildman–Crippen MR) is 95.9 cm³/mol. The third-order valence-electron chi connectivity index (χ3n) is 3.02. The zero-order valence-corrected chi connectivity index (χ0v) is 14.1. The molecule has 116 valence electrons. The van der Waals surface area contributed by atoms with Crippen LogP contribution in [0.5, 0.6) is 0 Å². The van der Waals surface area contributed by atoms with Crippen molar-refractivity contribution in [1.29, 1.82) is 5.26 Å². The van der Waals surface area contributed by atoms with E-state index < -0.39 is 0 Å². The lowest BCUT2D eigenvalue weighted by molar-refractivity contribution is 1.21. The molecule has 0 aliphatic carbocycles. The summed E-state index contributed by atoms with van der Waals surface area (Å²) in [5.74, 6) is 0. The van der Waals surface area contributed by atoms with E-state index in [-0.39, 0.29) is 0 Å². The molecule has 6 heteroatoms. The number of nitriles is 1. The van der Waals surface area contributed by atoms with Crippen LogP contribution in [0.4, 0.5) is 17.1 Å². The highest BCUT2D eigenvalue weighted by molar-refractivity contribution is 8.13. The van der Waals surface area contributed by atoms with E-state index in [2.05, 4.69) is 20.5 Å². The number of thioether (sulfide) groups is 1. The molecule has 5 nitrogen and oxygen atoms in total. The fraction of sp³-hybridized carbons (Fsp3) is 0.176. The number of benzene rings is 2. The van der Waals surface area contributed by atoms with Crippen LogP contribution in [-0.4, -0.2) is 11.4 Å². The average Bonchev–Trinajstić information content (AvgIpc) is 2.55. The molecular formula is C17H17N5S. The number of hydrogen-bond donors (Lipinski definition) is 1. The van der Waals surface area contributed by atoms with Crippen LogP contribution in [0.2, 0.25) is 0 Å². The molecule has 0 aromatic heterocycles. The second-order valence-electron chi connectivity index (χ2n) is 4.89. The van der Waals surface area contributed by atoms with Gasteiger partial charge in [0.15, 0.2) is 11.4 Å². The lowest BCUT2D eigenvalue weighted by atomic mass is 10.2. The number of hydrogen-bond acceptors (Lipinski definition) is 5. The first kappa shape index (κ1) is 16.7. The lowest BCUT2D eigenvalue weighted by Crippen LogP contribution is -2.12. The van der Waals surface area contributed by atoms with E-state index in [0.717, 1.165) is 11.3 Å². The molecule has 1 N–H and O–H groups in total. The summed E-state index contributed by atoms with van der Waals surface area (Å²) in [6, 6.07) is 13.6. The Morgan fingerprint density at radius 2 is 1.70 bits per heavy atom. The molecule has 0 aliphatic rings. The van der Waals surface area contributed by atoms with Gasteiger partial charge in [-0.1, -0.05) is 35.5 Å². The molecule has 2 aromatic rings. The number of nitrogens with zero attached hydrogens (tertiary/aromatic N) is 4. The Hall–Kier alpha value is -2.65. The van der Waals surface area contributed by atoms with Gasteiger partial charge in [-0.05, 0) is 49.9 Å². The summed E-state index contributed by atoms with van der Waals surface area (Å²) in [4.78, 5) is 4.43. The van der Waals surface area contributed by atoms with Crippen LogP contribution in [0.3, 0.4) is 0 Å². The summed E-state index contributed by atoms with van der Waals surface area (Å²) >= 11 is 1.36. The summed E-state index contributed by atoms with van der Waals surface area (Å²) in [6.45, 7) is 4.02. The quantitative estimate of drug-likeness (QED) is 0.279. The van der Waals surface area contributed by atoms with Gasteiger partial charge in [0.05, 0.1) is 11.4 Å². The number of azo groups is 1. The van der Waals surface area contributed by atoms with Gasteiger partial charge in [0.1, 0.15) is 5.69 Å². The SMILES string of the molecule is CSC(=Nc1ccc(C)cc1N=Nc1ccc(C)cc1)NC#N. The number of amidine groups is 1. The van der Waals surface area contributed by atoms with Crippen LogP contribution in [-0.2, 0) is 0 Å². The van der Waals surface area contributed by atoms with E-state index in [1.54, 1.807) is 0 Å². The molecule has 0 amide bonds. The van der Waals surface area contributed by atoms with Crippen molar-refractivity contribution in [3.8, 4) is 6.19 Å². The van der Waals surface area contributed by atoms with E-state index in [1.807, 2.05) is 68.8 Å². The van der Waals surface area contributed by atoms with Crippen LogP contribution in [0.1, 0.15) is 11.1 Å². The van der Waals surface area contributed by atoms with Gasteiger partial charge < -0.3 is 0 Å². The van der Waals surface area contributed by atoms with Crippen LogP contribution < -0.4 is 5.32 Å². The lowest BCUT2D eigenvalue weighted by Gasteiger charge is -2.04. The summed E-state index contributed by atoms with van der Waals surface area (Å²) in [5, 5.41) is 20.4. The molecule has 0 aliphatic heterocycles. The van der Waals surface area contributed by atoms with Crippen molar-refractivity contribution in [3.63, 3.8) is 0 Å². The van der Waals surface area contributed by atoms with Crippen molar-refractivity contribution < 1.29 is 0 Å². The van der Waals surface area contributed by atoms with E-state index in [9.17, 15) is 0 Å². The summed E-state index contributed by atoms with van der Waals surface area (Å²) in [7, 11) is 0. The maximum Gasteiger partial charge on any atom is 0.183 e. The van der Waals surface area contributed by atoms with E-state index in [1.165, 1.54) is 17.3 Å². The minimum Gasteiger partial charge on any atom is -0.271 e. The minimum atomic E-state index is 0.517. The predicted octanol–water partition coefficient (Wildman–Crippen LogP) is 5.14. The van der Waals surface area contributed by atoms with Crippen molar-refractivity contribution in [1.82, 2.24) is 5.32 Å². The minimum absolute atomic E-state index is 0.517. The van der Waals surface area contributed by atoms with Gasteiger partial charge in [-0.25, -0.2) is 4.99 Å². The first-order chi connectivity index (χ1) is 11.1. The highest BCUT2D eigenvalue weighted by atomic mass is 32.2. The zero-order chi connectivity index (χ0) is 16.7. The van der Waals surface area contributed by atoms with Gasteiger partial charge in [-0.15, -0.1) is 5.11 Å². The van der Waals surface area contributed by atoms with Gasteiger partial charge in [0, 0.05) is 0 Å². The largest absolute Gasteiger partial charge is 0.271 e. The molecule has 0 saturated carbocycles. The molecule has 0 fully saturated rings. The zero-order valence-electron chi connectivity index (χ0n) is 13.2. The Morgan fingerprint density at radius 1 is 1.00 bits per heavy atom. The normalized spacial score (nSPS) is 11.5. The Labute approximate surface area is 140 Å². The van der Waals surface area contributed by atoms with Crippen molar-refractivity contribution in [2.75, 3.05) is 6.26 Å². The molecule has 23 heavy (non-hydrogen) atoms. The van der Waals surface area contributed by atoms with Gasteiger partial charge in [-0.3, -0.25) is 5.32 Å². The molecule has 0 saturated heterocycles. The fourth-order valence-electron chi connectivity index (χ4n) is 1.81. The molecule has 2 aromatic carbocycles. The summed E-state index contributed by atoms with van der Waals surface area (Å²) in [5.41, 5.74) is 4.36. The molecule has 0 unspecified atom stereocenters. The third-order valence-corrected chi connectivity index (χ3v) is 3.60. The maximum atomic E-state index is 8.74. The monoisotopic (exact) mass is 323 g/mol. The molecule has 0 bridgehead atoms. The van der Waals surface area contributed by atoms with Crippen LogP contribution in [0, 0.1) is 25.3 Å².